The van der Waals surface area contributed by atoms with Crippen molar-refractivity contribution < 1.29 is 13.6 Å². The van der Waals surface area contributed by atoms with Crippen LogP contribution in [0, 0.1) is 29.9 Å². The number of carbonyl (C=O) groups excluding carboxylic acids is 1. The van der Waals surface area contributed by atoms with Crippen LogP contribution >= 0.6 is 0 Å². The summed E-state index contributed by atoms with van der Waals surface area (Å²) in [5, 5.41) is 11.9. The van der Waals surface area contributed by atoms with Crippen LogP contribution in [0.5, 0.6) is 0 Å². The predicted molar refractivity (Wildman–Crippen MR) is 101 cm³/mol. The van der Waals surface area contributed by atoms with Crippen LogP contribution in [0.25, 0.3) is 6.08 Å². The summed E-state index contributed by atoms with van der Waals surface area (Å²) in [6.45, 7) is 3.47. The fraction of sp³-hybridized carbons (Fsp3) is 0.238. The van der Waals surface area contributed by atoms with Crippen molar-refractivity contribution in [2.24, 2.45) is 0 Å². The monoisotopic (exact) mass is 367 g/mol. The molecule has 6 heteroatoms. The third-order valence-corrected chi connectivity index (χ3v) is 4.55. The van der Waals surface area contributed by atoms with E-state index in [0.29, 0.717) is 16.9 Å². The van der Waals surface area contributed by atoms with Crippen LogP contribution in [0.2, 0.25) is 0 Å². The van der Waals surface area contributed by atoms with E-state index in [-0.39, 0.29) is 11.4 Å². The van der Waals surface area contributed by atoms with Gasteiger partial charge < -0.3 is 10.2 Å². The third-order valence-electron chi connectivity index (χ3n) is 4.55. The Kier molecular flexibility index (Phi) is 5.51. The molecular weight excluding hydrogens is 348 g/mol. The van der Waals surface area contributed by atoms with Gasteiger partial charge in [0.2, 0.25) is 0 Å². The Labute approximate surface area is 156 Å². The zero-order chi connectivity index (χ0) is 19.4. The number of carbonyl (C=O) groups is 1. The summed E-state index contributed by atoms with van der Waals surface area (Å²) in [6, 6.07) is 10.2. The summed E-state index contributed by atoms with van der Waals surface area (Å²) in [6.07, 6.45) is 3.45. The van der Waals surface area contributed by atoms with E-state index in [9.17, 15) is 18.8 Å². The van der Waals surface area contributed by atoms with Crippen LogP contribution in [0.15, 0.2) is 42.0 Å². The average molecular weight is 367 g/mol. The van der Waals surface area contributed by atoms with Gasteiger partial charge in [0.25, 0.3) is 5.91 Å². The van der Waals surface area contributed by atoms with E-state index in [1.807, 2.05) is 17.9 Å². The van der Waals surface area contributed by atoms with Crippen LogP contribution in [0.3, 0.4) is 0 Å². The molecule has 1 saturated heterocycles. The molecule has 1 aliphatic heterocycles. The van der Waals surface area contributed by atoms with Crippen molar-refractivity contribution in [2.75, 3.05) is 23.3 Å². The summed E-state index contributed by atoms with van der Waals surface area (Å²) in [4.78, 5) is 14.3. The van der Waals surface area contributed by atoms with E-state index < -0.39 is 11.7 Å². The highest BCUT2D eigenvalue weighted by Crippen LogP contribution is 2.28. The lowest BCUT2D eigenvalue weighted by atomic mass is 10.0. The van der Waals surface area contributed by atoms with Gasteiger partial charge in [-0.05, 0) is 73.4 Å². The molecule has 0 spiro atoms. The van der Waals surface area contributed by atoms with Gasteiger partial charge >= 0.3 is 0 Å². The van der Waals surface area contributed by atoms with Gasteiger partial charge in [-0.2, -0.15) is 5.26 Å². The van der Waals surface area contributed by atoms with Crippen molar-refractivity contribution in [3.05, 3.63) is 64.7 Å². The smallest absolute Gasteiger partial charge is 0.266 e. The molecule has 1 heterocycles. The van der Waals surface area contributed by atoms with E-state index in [4.69, 9.17) is 0 Å². The summed E-state index contributed by atoms with van der Waals surface area (Å²) >= 11 is 0. The van der Waals surface area contributed by atoms with Gasteiger partial charge in [0.1, 0.15) is 23.3 Å². The van der Waals surface area contributed by atoms with Crippen molar-refractivity contribution in [3.8, 4) is 6.07 Å². The molecule has 0 radical (unpaired) electrons. The van der Waals surface area contributed by atoms with Gasteiger partial charge in [0.15, 0.2) is 0 Å². The Balaban J connectivity index is 1.84. The fourth-order valence-corrected chi connectivity index (χ4v) is 3.07. The second-order valence-electron chi connectivity index (χ2n) is 6.49. The molecule has 0 atom stereocenters. The lowest BCUT2D eigenvalue weighted by Crippen LogP contribution is -2.19. The highest BCUT2D eigenvalue weighted by molar-refractivity contribution is 6.09. The normalized spacial score (nSPS) is 14.1. The van der Waals surface area contributed by atoms with Crippen molar-refractivity contribution in [2.45, 2.75) is 19.8 Å². The molecule has 3 rings (SSSR count). The number of anilines is 2. The topological polar surface area (TPSA) is 56.1 Å². The minimum atomic E-state index is -0.632. The number of rotatable bonds is 4. The summed E-state index contributed by atoms with van der Waals surface area (Å²) in [7, 11) is 0. The maximum Gasteiger partial charge on any atom is 0.266 e. The second kappa shape index (κ2) is 8.00. The van der Waals surface area contributed by atoms with Crippen LogP contribution < -0.4 is 10.2 Å². The van der Waals surface area contributed by atoms with Crippen molar-refractivity contribution >= 4 is 23.4 Å². The third kappa shape index (κ3) is 4.32. The number of benzene rings is 2. The van der Waals surface area contributed by atoms with Crippen molar-refractivity contribution in [3.63, 3.8) is 0 Å². The highest BCUT2D eigenvalue weighted by Gasteiger charge is 2.18. The number of nitriles is 1. The molecule has 1 amide bonds. The maximum absolute atomic E-state index is 14.5. The second-order valence-corrected chi connectivity index (χ2v) is 6.49. The highest BCUT2D eigenvalue weighted by atomic mass is 19.1. The molecule has 2 aromatic rings. The van der Waals surface area contributed by atoms with E-state index in [2.05, 4.69) is 5.32 Å². The quantitative estimate of drug-likeness (QED) is 0.643. The Hall–Kier alpha value is -3.20. The zero-order valence-electron chi connectivity index (χ0n) is 14.9. The lowest BCUT2D eigenvalue weighted by molar-refractivity contribution is -0.112. The van der Waals surface area contributed by atoms with E-state index in [1.165, 1.54) is 36.4 Å². The Morgan fingerprint density at radius 2 is 1.85 bits per heavy atom. The Bertz CT molecular complexity index is 924. The first-order chi connectivity index (χ1) is 13.0. The molecule has 2 aromatic carbocycles. The largest absolute Gasteiger partial charge is 0.369 e. The van der Waals surface area contributed by atoms with Gasteiger partial charge in [-0.1, -0.05) is 0 Å². The van der Waals surface area contributed by atoms with Gasteiger partial charge in [0, 0.05) is 18.8 Å². The van der Waals surface area contributed by atoms with Crippen LogP contribution in [-0.4, -0.2) is 19.0 Å². The first-order valence-electron chi connectivity index (χ1n) is 8.72. The molecule has 4 nitrogen and oxygen atoms in total. The summed E-state index contributed by atoms with van der Waals surface area (Å²) in [5.74, 6) is -1.43. The minimum absolute atomic E-state index is 0.157. The molecule has 0 aliphatic carbocycles. The van der Waals surface area contributed by atoms with Crippen molar-refractivity contribution in [1.82, 2.24) is 0 Å². The molecule has 0 unspecified atom stereocenters. The van der Waals surface area contributed by atoms with E-state index >= 15 is 0 Å². The molecule has 1 aliphatic rings. The van der Waals surface area contributed by atoms with Crippen LogP contribution in [-0.2, 0) is 4.79 Å². The number of amides is 1. The zero-order valence-corrected chi connectivity index (χ0v) is 14.9. The Morgan fingerprint density at radius 1 is 1.19 bits per heavy atom. The minimum Gasteiger partial charge on any atom is -0.369 e. The molecule has 27 heavy (non-hydrogen) atoms. The van der Waals surface area contributed by atoms with Gasteiger partial charge in [-0.3, -0.25) is 4.79 Å². The molecule has 0 bridgehead atoms. The molecule has 1 N–H and O–H groups in total. The number of hydrogen-bond acceptors (Lipinski definition) is 3. The molecular formula is C21H19F2N3O. The molecule has 1 fully saturated rings. The lowest BCUT2D eigenvalue weighted by Gasteiger charge is -2.19. The van der Waals surface area contributed by atoms with E-state index in [1.54, 1.807) is 6.07 Å². The van der Waals surface area contributed by atoms with Gasteiger partial charge in [0.05, 0.1) is 5.69 Å². The van der Waals surface area contributed by atoms with E-state index in [0.717, 1.165) is 31.5 Å². The number of halogens is 2. The Morgan fingerprint density at radius 3 is 2.48 bits per heavy atom. The first kappa shape index (κ1) is 18.6. The molecule has 138 valence electrons. The van der Waals surface area contributed by atoms with Crippen molar-refractivity contribution in [1.29, 1.82) is 5.26 Å². The SMILES string of the molecule is Cc1cc(N2CCCC2)c(F)cc1C=C(C#N)C(=O)Nc1ccc(F)cc1. The fourth-order valence-electron chi connectivity index (χ4n) is 3.07. The standard InChI is InChI=1S/C21H19F2N3O/c1-14-10-20(26-8-2-3-9-26)19(23)12-15(14)11-16(13-24)21(27)25-18-6-4-17(22)5-7-18/h4-7,10-12H,2-3,8-9H2,1H3,(H,25,27). The number of hydrogen-bond donors (Lipinski definition) is 1. The maximum atomic E-state index is 14.5. The predicted octanol–water partition coefficient (Wildman–Crippen LogP) is 4.42. The summed E-state index contributed by atoms with van der Waals surface area (Å²) < 4.78 is 27.5. The number of nitrogens with one attached hydrogen (secondary N) is 1. The van der Waals surface area contributed by atoms with Gasteiger partial charge in [-0.15, -0.1) is 0 Å². The molecule has 0 saturated carbocycles. The number of nitrogens with zero attached hydrogens (tertiary/aromatic N) is 2. The first-order valence-corrected chi connectivity index (χ1v) is 8.72. The van der Waals surface area contributed by atoms with Gasteiger partial charge in [-0.25, -0.2) is 8.78 Å². The molecule has 0 aromatic heterocycles. The average Bonchev–Trinajstić information content (AvgIpc) is 3.18. The van der Waals surface area contributed by atoms with Crippen LogP contribution in [0.4, 0.5) is 20.2 Å². The summed E-state index contributed by atoms with van der Waals surface area (Å²) in [5.41, 5.74) is 2.02. The van der Waals surface area contributed by atoms with Crippen LogP contribution in [0.1, 0.15) is 24.0 Å². The number of aryl methyl sites for hydroxylation is 1.